The maximum Gasteiger partial charge on any atom is 0.251 e. The van der Waals surface area contributed by atoms with E-state index in [0.29, 0.717) is 24.0 Å². The van der Waals surface area contributed by atoms with Gasteiger partial charge in [-0.05, 0) is 31.4 Å². The molecular formula is C20H24N4O2. The van der Waals surface area contributed by atoms with E-state index in [4.69, 9.17) is 0 Å². The van der Waals surface area contributed by atoms with Crippen LogP contribution in [0.5, 0.6) is 0 Å². The predicted molar refractivity (Wildman–Crippen MR) is 98.6 cm³/mol. The fourth-order valence-corrected chi connectivity index (χ4v) is 4.12. The highest BCUT2D eigenvalue weighted by atomic mass is 16.2. The summed E-state index contributed by atoms with van der Waals surface area (Å²) in [7, 11) is 0. The molecule has 2 aliphatic rings. The molecule has 2 aromatic rings. The van der Waals surface area contributed by atoms with Crippen LogP contribution in [0.4, 0.5) is 0 Å². The maximum atomic E-state index is 12.8. The monoisotopic (exact) mass is 352 g/mol. The van der Waals surface area contributed by atoms with Gasteiger partial charge in [-0.15, -0.1) is 0 Å². The van der Waals surface area contributed by atoms with Crippen molar-refractivity contribution in [2.45, 2.75) is 44.4 Å². The van der Waals surface area contributed by atoms with E-state index in [1.165, 1.54) is 6.42 Å². The van der Waals surface area contributed by atoms with E-state index in [-0.39, 0.29) is 17.4 Å². The molecule has 1 aliphatic carbocycles. The number of aromatic amines is 1. The number of hydrogen-bond donors (Lipinski definition) is 1. The van der Waals surface area contributed by atoms with Gasteiger partial charge >= 0.3 is 0 Å². The molecule has 0 aromatic carbocycles. The smallest absolute Gasteiger partial charge is 0.251 e. The third kappa shape index (κ3) is 3.54. The molecule has 0 radical (unpaired) electrons. The van der Waals surface area contributed by atoms with E-state index >= 15 is 0 Å². The average Bonchev–Trinajstić information content (AvgIpc) is 3.18. The minimum Gasteiger partial charge on any atom is -0.342 e. The summed E-state index contributed by atoms with van der Waals surface area (Å²) in [6, 6.07) is 7.09. The minimum atomic E-state index is -0.173. The van der Waals surface area contributed by atoms with Gasteiger partial charge in [0.15, 0.2) is 5.82 Å². The van der Waals surface area contributed by atoms with Gasteiger partial charge in [-0.1, -0.05) is 25.3 Å². The average molecular weight is 352 g/mol. The molecule has 1 saturated carbocycles. The quantitative estimate of drug-likeness (QED) is 0.921. The summed E-state index contributed by atoms with van der Waals surface area (Å²) in [6.07, 6.45) is 8.16. The summed E-state index contributed by atoms with van der Waals surface area (Å²) < 4.78 is 0. The van der Waals surface area contributed by atoms with Crippen LogP contribution in [0.15, 0.2) is 35.3 Å². The molecule has 1 N–H and O–H groups in total. The second kappa shape index (κ2) is 7.40. The Morgan fingerprint density at radius 3 is 2.77 bits per heavy atom. The van der Waals surface area contributed by atoms with E-state index in [1.54, 1.807) is 12.3 Å². The zero-order valence-corrected chi connectivity index (χ0v) is 14.9. The molecule has 0 unspecified atom stereocenters. The number of amides is 1. The summed E-state index contributed by atoms with van der Waals surface area (Å²) >= 11 is 0. The lowest BCUT2D eigenvalue weighted by molar-refractivity contribution is -0.135. The molecule has 4 rings (SSSR count). The summed E-state index contributed by atoms with van der Waals surface area (Å²) in [5.41, 5.74) is 1.24. The molecule has 136 valence electrons. The number of pyridine rings is 1. The van der Waals surface area contributed by atoms with Gasteiger partial charge < -0.3 is 9.88 Å². The number of H-pyrrole nitrogens is 1. The molecule has 1 saturated heterocycles. The number of likely N-dealkylation sites (tertiary alicyclic amines) is 1. The first-order valence-corrected chi connectivity index (χ1v) is 9.52. The van der Waals surface area contributed by atoms with E-state index in [1.807, 2.05) is 23.1 Å². The van der Waals surface area contributed by atoms with Crippen LogP contribution in [0.1, 0.15) is 50.1 Å². The van der Waals surface area contributed by atoms with Gasteiger partial charge in [0.2, 0.25) is 5.91 Å². The molecule has 0 bridgehead atoms. The Balaban J connectivity index is 1.51. The lowest BCUT2D eigenvalue weighted by Gasteiger charge is -2.26. The van der Waals surface area contributed by atoms with Crippen molar-refractivity contribution in [3.8, 4) is 11.5 Å². The Morgan fingerprint density at radius 1 is 1.15 bits per heavy atom. The number of nitrogens with zero attached hydrogens (tertiary/aromatic N) is 3. The van der Waals surface area contributed by atoms with Gasteiger partial charge in [-0.3, -0.25) is 14.6 Å². The molecule has 3 heterocycles. The summed E-state index contributed by atoms with van der Waals surface area (Å²) in [5.74, 6) is 1.10. The first-order chi connectivity index (χ1) is 12.7. The van der Waals surface area contributed by atoms with E-state index < -0.39 is 0 Å². The van der Waals surface area contributed by atoms with Crippen LogP contribution < -0.4 is 5.56 Å². The highest BCUT2D eigenvalue weighted by molar-refractivity contribution is 5.79. The van der Waals surface area contributed by atoms with Gasteiger partial charge in [0.1, 0.15) is 5.69 Å². The van der Waals surface area contributed by atoms with Crippen molar-refractivity contribution in [3.05, 3.63) is 46.5 Å². The van der Waals surface area contributed by atoms with Crippen molar-refractivity contribution in [1.29, 1.82) is 0 Å². The normalized spacial score (nSPS) is 21.1. The molecule has 26 heavy (non-hydrogen) atoms. The Labute approximate surface area is 152 Å². The van der Waals surface area contributed by atoms with Crippen LogP contribution >= 0.6 is 0 Å². The van der Waals surface area contributed by atoms with Gasteiger partial charge in [0, 0.05) is 37.2 Å². The number of nitrogens with one attached hydrogen (secondary N) is 1. The number of hydrogen-bond acceptors (Lipinski definition) is 4. The first kappa shape index (κ1) is 16.9. The number of carbonyl (C=O) groups excluding carboxylic acids is 1. The van der Waals surface area contributed by atoms with Gasteiger partial charge in [-0.25, -0.2) is 4.98 Å². The van der Waals surface area contributed by atoms with Crippen molar-refractivity contribution in [2.24, 2.45) is 5.92 Å². The van der Waals surface area contributed by atoms with Gasteiger partial charge in [0.05, 0.1) is 5.69 Å². The van der Waals surface area contributed by atoms with Crippen molar-refractivity contribution in [3.63, 3.8) is 0 Å². The summed E-state index contributed by atoms with van der Waals surface area (Å²) in [4.78, 5) is 38.5. The van der Waals surface area contributed by atoms with Crippen LogP contribution in [-0.2, 0) is 4.79 Å². The minimum absolute atomic E-state index is 0.118. The zero-order valence-electron chi connectivity index (χ0n) is 14.9. The second-order valence-electron chi connectivity index (χ2n) is 7.34. The topological polar surface area (TPSA) is 79.0 Å². The molecular weight excluding hydrogens is 328 g/mol. The van der Waals surface area contributed by atoms with Crippen molar-refractivity contribution >= 4 is 5.91 Å². The number of aromatic nitrogens is 3. The first-order valence-electron chi connectivity index (χ1n) is 9.52. The van der Waals surface area contributed by atoms with Crippen LogP contribution in [0.25, 0.3) is 11.5 Å². The molecule has 0 spiro atoms. The molecule has 1 atom stereocenters. The zero-order chi connectivity index (χ0) is 17.9. The van der Waals surface area contributed by atoms with Crippen molar-refractivity contribution < 1.29 is 4.79 Å². The largest absolute Gasteiger partial charge is 0.342 e. The molecule has 1 amide bonds. The third-order valence-corrected chi connectivity index (χ3v) is 5.54. The standard InChI is InChI=1S/C20H24N4O2/c25-18-12-17(22-19(23-18)16-8-4-5-10-21-16)15-9-11-24(13-15)20(26)14-6-2-1-3-7-14/h4-5,8,10,12,14-15H,1-3,6-7,9,11,13H2,(H,22,23,25)/t15-/m1/s1. The lowest BCUT2D eigenvalue weighted by Crippen LogP contribution is -2.35. The van der Waals surface area contributed by atoms with Crippen LogP contribution in [0.2, 0.25) is 0 Å². The highest BCUT2D eigenvalue weighted by Crippen LogP contribution is 2.31. The van der Waals surface area contributed by atoms with E-state index in [9.17, 15) is 9.59 Å². The fourth-order valence-electron chi connectivity index (χ4n) is 4.12. The Morgan fingerprint density at radius 2 is 2.00 bits per heavy atom. The van der Waals surface area contributed by atoms with Crippen LogP contribution in [0.3, 0.4) is 0 Å². The van der Waals surface area contributed by atoms with E-state index in [2.05, 4.69) is 15.0 Å². The Hall–Kier alpha value is -2.50. The molecule has 2 fully saturated rings. The van der Waals surface area contributed by atoms with Crippen LogP contribution in [-0.4, -0.2) is 38.8 Å². The number of carbonyl (C=O) groups is 1. The van der Waals surface area contributed by atoms with E-state index in [0.717, 1.165) is 44.3 Å². The van der Waals surface area contributed by atoms with Crippen molar-refractivity contribution in [1.82, 2.24) is 19.9 Å². The lowest BCUT2D eigenvalue weighted by atomic mass is 9.88. The number of rotatable bonds is 3. The molecule has 6 nitrogen and oxygen atoms in total. The van der Waals surface area contributed by atoms with Gasteiger partial charge in [-0.2, -0.15) is 0 Å². The predicted octanol–water partition coefficient (Wildman–Crippen LogP) is 2.73. The molecule has 1 aliphatic heterocycles. The molecule has 6 heteroatoms. The Kier molecular flexibility index (Phi) is 4.82. The summed E-state index contributed by atoms with van der Waals surface area (Å²) in [5, 5.41) is 0. The van der Waals surface area contributed by atoms with Crippen molar-refractivity contribution in [2.75, 3.05) is 13.1 Å². The maximum absolute atomic E-state index is 12.8. The highest BCUT2D eigenvalue weighted by Gasteiger charge is 2.32. The Bertz CT molecular complexity index is 827. The summed E-state index contributed by atoms with van der Waals surface area (Å²) in [6.45, 7) is 1.42. The SMILES string of the molecule is O=C(C1CCCCC1)N1CC[C@@H](c2cc(=O)[nH]c(-c3ccccn3)n2)C1. The second-order valence-corrected chi connectivity index (χ2v) is 7.34. The van der Waals surface area contributed by atoms with Crippen LogP contribution in [0, 0.1) is 5.92 Å². The fraction of sp³-hybridized carbons (Fsp3) is 0.500. The molecule has 2 aromatic heterocycles. The third-order valence-electron chi connectivity index (χ3n) is 5.54. The van der Waals surface area contributed by atoms with Gasteiger partial charge in [0.25, 0.3) is 5.56 Å².